The largest absolute Gasteiger partial charge is 0.552 e. The van der Waals surface area contributed by atoms with Crippen molar-refractivity contribution in [2.24, 2.45) is 5.92 Å². The first-order valence-corrected chi connectivity index (χ1v) is 10.9. The summed E-state index contributed by atoms with van der Waals surface area (Å²) in [7, 11) is -1.15. The fourth-order valence-electron chi connectivity index (χ4n) is 3.31. The van der Waals surface area contributed by atoms with Crippen LogP contribution in [0.25, 0.3) is 0 Å². The number of halogens is 2. The van der Waals surface area contributed by atoms with Gasteiger partial charge in [-0.25, -0.2) is 0 Å². The van der Waals surface area contributed by atoms with Gasteiger partial charge in [0.15, 0.2) is 5.60 Å². The van der Waals surface area contributed by atoms with Gasteiger partial charge in [-0.3, -0.25) is 19.2 Å². The SMILES string of the molecule is CCC1(CC(=O)O)OB([C@H](CC(C)C)NC(=O)CNC(=O)c2cc(Cl)ccc2Cl)OC1=O. The molecule has 3 N–H and O–H groups in total. The number of benzene rings is 1. The average molecular weight is 487 g/mol. The minimum absolute atomic E-state index is 0.0959. The molecule has 1 saturated heterocycles. The predicted molar refractivity (Wildman–Crippen MR) is 118 cm³/mol. The van der Waals surface area contributed by atoms with Gasteiger partial charge in [-0.05, 0) is 37.0 Å². The van der Waals surface area contributed by atoms with Crippen LogP contribution in [0.2, 0.25) is 10.0 Å². The summed E-state index contributed by atoms with van der Waals surface area (Å²) in [5, 5.41) is 14.8. The zero-order chi connectivity index (χ0) is 24.1. The van der Waals surface area contributed by atoms with Gasteiger partial charge in [0.25, 0.3) is 5.91 Å². The monoisotopic (exact) mass is 486 g/mol. The Morgan fingerprint density at radius 2 is 1.94 bits per heavy atom. The molecule has 32 heavy (non-hydrogen) atoms. The Balaban J connectivity index is 2.05. The number of carbonyl (C=O) groups excluding carboxylic acids is 3. The Hall–Kier alpha value is -2.30. The maximum absolute atomic E-state index is 12.5. The summed E-state index contributed by atoms with van der Waals surface area (Å²) in [6.45, 7) is 5.07. The highest BCUT2D eigenvalue weighted by molar-refractivity contribution is 6.51. The molecule has 174 valence electrons. The summed E-state index contributed by atoms with van der Waals surface area (Å²) < 4.78 is 11.0. The van der Waals surface area contributed by atoms with Crippen molar-refractivity contribution in [3.8, 4) is 0 Å². The number of hydrogen-bond acceptors (Lipinski definition) is 6. The second-order valence-corrected chi connectivity index (χ2v) is 8.76. The number of carbonyl (C=O) groups is 4. The fraction of sp³-hybridized carbons (Fsp3) is 0.500. The van der Waals surface area contributed by atoms with Crippen LogP contribution in [-0.2, 0) is 23.7 Å². The van der Waals surface area contributed by atoms with Gasteiger partial charge in [0.1, 0.15) is 0 Å². The van der Waals surface area contributed by atoms with Crippen molar-refractivity contribution in [1.82, 2.24) is 10.6 Å². The van der Waals surface area contributed by atoms with E-state index in [1.807, 2.05) is 13.8 Å². The van der Waals surface area contributed by atoms with Crippen LogP contribution in [0.5, 0.6) is 0 Å². The lowest BCUT2D eigenvalue weighted by Gasteiger charge is -2.24. The maximum Gasteiger partial charge on any atom is 0.552 e. The third-order valence-corrected chi connectivity index (χ3v) is 5.49. The zero-order valence-corrected chi connectivity index (χ0v) is 19.5. The third kappa shape index (κ3) is 6.60. The molecular formula is C20H25BCl2N2O7. The van der Waals surface area contributed by atoms with Crippen molar-refractivity contribution in [1.29, 1.82) is 0 Å². The second kappa shape index (κ2) is 11.0. The molecule has 0 radical (unpaired) electrons. The van der Waals surface area contributed by atoms with Gasteiger partial charge in [0, 0.05) is 5.02 Å². The van der Waals surface area contributed by atoms with Crippen molar-refractivity contribution in [3.05, 3.63) is 33.8 Å². The number of amides is 2. The lowest BCUT2D eigenvalue weighted by Crippen LogP contribution is -2.51. The van der Waals surface area contributed by atoms with Crippen LogP contribution < -0.4 is 10.6 Å². The number of hydrogen-bond donors (Lipinski definition) is 3. The van der Waals surface area contributed by atoms with Crippen LogP contribution in [0.3, 0.4) is 0 Å². The normalized spacial score (nSPS) is 18.9. The van der Waals surface area contributed by atoms with Crippen LogP contribution >= 0.6 is 23.2 Å². The Morgan fingerprint density at radius 1 is 1.25 bits per heavy atom. The zero-order valence-electron chi connectivity index (χ0n) is 17.9. The van der Waals surface area contributed by atoms with E-state index in [1.165, 1.54) is 18.2 Å². The van der Waals surface area contributed by atoms with Gasteiger partial charge >= 0.3 is 19.1 Å². The third-order valence-electron chi connectivity index (χ3n) is 4.93. The molecule has 1 aliphatic heterocycles. The minimum atomic E-state index is -1.60. The van der Waals surface area contributed by atoms with Gasteiger partial charge in [0.2, 0.25) is 5.91 Å². The van der Waals surface area contributed by atoms with E-state index in [0.29, 0.717) is 11.4 Å². The van der Waals surface area contributed by atoms with E-state index in [9.17, 15) is 19.2 Å². The molecule has 1 aromatic carbocycles. The van der Waals surface area contributed by atoms with E-state index < -0.39 is 48.8 Å². The summed E-state index contributed by atoms with van der Waals surface area (Å²) >= 11 is 11.9. The number of carboxylic acids is 1. The van der Waals surface area contributed by atoms with Gasteiger partial charge in [-0.15, -0.1) is 0 Å². The van der Waals surface area contributed by atoms with E-state index in [2.05, 4.69) is 10.6 Å². The molecule has 1 aliphatic rings. The first kappa shape index (κ1) is 26.0. The van der Waals surface area contributed by atoms with Crippen LogP contribution in [0, 0.1) is 5.92 Å². The Bertz CT molecular complexity index is 899. The van der Waals surface area contributed by atoms with Gasteiger partial charge in [-0.2, -0.15) is 0 Å². The van der Waals surface area contributed by atoms with E-state index in [1.54, 1.807) is 6.92 Å². The standard InChI is InChI=1S/C20H25BCl2N2O7/c1-4-20(9-17(27)28)19(30)31-21(32-20)15(7-11(2)3)25-16(26)10-24-18(29)13-8-12(22)5-6-14(13)23/h5-6,8,11,15H,4,7,9-10H2,1-3H3,(H,24,29)(H,25,26)(H,27,28)/t15-,20?/m0/s1. The topological polar surface area (TPSA) is 131 Å². The van der Waals surface area contributed by atoms with Crippen LogP contribution in [0.4, 0.5) is 0 Å². The molecule has 12 heteroatoms. The molecule has 0 spiro atoms. The molecule has 1 aromatic rings. The molecule has 2 atom stereocenters. The lowest BCUT2D eigenvalue weighted by molar-refractivity contribution is -0.152. The lowest BCUT2D eigenvalue weighted by atomic mass is 9.74. The first-order chi connectivity index (χ1) is 15.0. The number of rotatable bonds is 10. The van der Waals surface area contributed by atoms with Crippen molar-refractivity contribution in [2.75, 3.05) is 6.54 Å². The summed E-state index contributed by atoms with van der Waals surface area (Å²) in [6, 6.07) is 4.39. The van der Waals surface area contributed by atoms with Crippen molar-refractivity contribution >= 4 is 54.1 Å². The highest BCUT2D eigenvalue weighted by Crippen LogP contribution is 2.32. The fourth-order valence-corrected chi connectivity index (χ4v) is 3.69. The van der Waals surface area contributed by atoms with E-state index in [-0.39, 0.29) is 29.5 Å². The molecular weight excluding hydrogens is 462 g/mol. The summed E-state index contributed by atoms with van der Waals surface area (Å²) in [6.07, 6.45) is -0.0460. The van der Waals surface area contributed by atoms with Gasteiger partial charge in [0.05, 0.1) is 29.5 Å². The Labute approximate surface area is 196 Å². The van der Waals surface area contributed by atoms with Gasteiger partial charge in [-0.1, -0.05) is 44.0 Å². The first-order valence-electron chi connectivity index (χ1n) is 10.1. The highest BCUT2D eigenvalue weighted by Gasteiger charge is 2.55. The molecule has 1 unspecified atom stereocenters. The molecule has 0 saturated carbocycles. The molecule has 2 amide bonds. The number of carboxylic acid groups (broad SMARTS) is 1. The highest BCUT2D eigenvalue weighted by atomic mass is 35.5. The summed E-state index contributed by atoms with van der Waals surface area (Å²) in [5.74, 6) is -3.74. The Morgan fingerprint density at radius 3 is 2.53 bits per heavy atom. The van der Waals surface area contributed by atoms with Crippen molar-refractivity contribution in [2.45, 2.75) is 51.6 Å². The Kier molecular flexibility index (Phi) is 8.94. The predicted octanol–water partition coefficient (Wildman–Crippen LogP) is 2.48. The average Bonchev–Trinajstić information content (AvgIpc) is 3.03. The van der Waals surface area contributed by atoms with Crippen LogP contribution in [0.1, 0.15) is 50.4 Å². The van der Waals surface area contributed by atoms with Crippen LogP contribution in [0.15, 0.2) is 18.2 Å². The van der Waals surface area contributed by atoms with E-state index in [0.717, 1.165) is 0 Å². The van der Waals surface area contributed by atoms with Crippen molar-refractivity contribution in [3.63, 3.8) is 0 Å². The van der Waals surface area contributed by atoms with E-state index >= 15 is 0 Å². The molecule has 0 aromatic heterocycles. The molecule has 1 fully saturated rings. The van der Waals surface area contributed by atoms with Gasteiger partial charge < -0.3 is 25.0 Å². The quantitative estimate of drug-likeness (QED) is 0.433. The summed E-state index contributed by atoms with van der Waals surface area (Å²) in [4.78, 5) is 48.4. The molecule has 2 rings (SSSR count). The van der Waals surface area contributed by atoms with Crippen molar-refractivity contribution < 1.29 is 33.6 Å². The smallest absolute Gasteiger partial charge is 0.506 e. The number of aliphatic carboxylic acids is 1. The molecule has 0 aliphatic carbocycles. The molecule has 9 nitrogen and oxygen atoms in total. The summed E-state index contributed by atoms with van der Waals surface area (Å²) in [5.41, 5.74) is -1.48. The molecule has 1 heterocycles. The van der Waals surface area contributed by atoms with E-state index in [4.69, 9.17) is 37.6 Å². The second-order valence-electron chi connectivity index (χ2n) is 7.92. The maximum atomic E-state index is 12.5. The molecule has 0 bridgehead atoms. The minimum Gasteiger partial charge on any atom is -0.506 e. The van der Waals surface area contributed by atoms with Crippen LogP contribution in [-0.4, -0.2) is 54.1 Å². The number of nitrogens with one attached hydrogen (secondary N) is 2.